The third-order valence-electron chi connectivity index (χ3n) is 5.62. The lowest BCUT2D eigenvalue weighted by Gasteiger charge is -2.30. The van der Waals surface area contributed by atoms with Gasteiger partial charge < -0.3 is 29.6 Å². The van der Waals surface area contributed by atoms with Crippen molar-refractivity contribution in [1.82, 2.24) is 15.3 Å². The molecule has 37 heavy (non-hydrogen) atoms. The van der Waals surface area contributed by atoms with Crippen molar-refractivity contribution < 1.29 is 28.5 Å². The number of amides is 3. The van der Waals surface area contributed by atoms with Crippen molar-refractivity contribution in [1.29, 1.82) is 5.26 Å². The largest absolute Gasteiger partial charge is 0.445 e. The number of carbonyl (C=O) groups excluding carboxylic acids is 2. The molecule has 3 heterocycles. The van der Waals surface area contributed by atoms with Crippen LogP contribution in [0, 0.1) is 11.3 Å². The van der Waals surface area contributed by atoms with E-state index in [4.69, 9.17) is 23.9 Å². The number of fused-ring (bicyclic) bond motifs is 1. The third kappa shape index (κ3) is 6.82. The minimum Gasteiger partial charge on any atom is -0.445 e. The number of hydrogen-bond donors (Lipinski definition) is 3. The van der Waals surface area contributed by atoms with E-state index in [-0.39, 0.29) is 12.4 Å². The highest BCUT2D eigenvalue weighted by Crippen LogP contribution is 2.32. The van der Waals surface area contributed by atoms with Crippen LogP contribution < -0.4 is 20.9 Å². The van der Waals surface area contributed by atoms with Gasteiger partial charge in [-0.15, -0.1) is 0 Å². The summed E-state index contributed by atoms with van der Waals surface area (Å²) in [4.78, 5) is 35.4. The molecule has 1 aliphatic rings. The van der Waals surface area contributed by atoms with Crippen LogP contribution in [0.15, 0.2) is 18.3 Å². The van der Waals surface area contributed by atoms with Gasteiger partial charge in [0.1, 0.15) is 30.0 Å². The van der Waals surface area contributed by atoms with Crippen molar-refractivity contribution in [2.75, 3.05) is 63.6 Å². The zero-order valence-electron chi connectivity index (χ0n) is 21.3. The van der Waals surface area contributed by atoms with Crippen molar-refractivity contribution >= 4 is 29.4 Å². The summed E-state index contributed by atoms with van der Waals surface area (Å²) >= 11 is 0. The van der Waals surface area contributed by atoms with Gasteiger partial charge >= 0.3 is 12.1 Å². The number of carbonyl (C=O) groups is 2. The number of ether oxygens (including phenoxy) is 4. The van der Waals surface area contributed by atoms with E-state index < -0.39 is 18.4 Å². The fourth-order valence-corrected chi connectivity index (χ4v) is 3.83. The molecule has 0 aliphatic carbocycles. The van der Waals surface area contributed by atoms with Gasteiger partial charge in [-0.3, -0.25) is 10.2 Å². The Hall–Kier alpha value is -3.99. The molecule has 0 radical (unpaired) electrons. The molecule has 0 saturated heterocycles. The number of alkyl carbamates (subject to hydrolysis) is 1. The highest BCUT2D eigenvalue weighted by molar-refractivity contribution is 6.01. The van der Waals surface area contributed by atoms with Crippen LogP contribution in [0.3, 0.4) is 0 Å². The number of anilines is 3. The molecule has 13 nitrogen and oxygen atoms in total. The highest BCUT2D eigenvalue weighted by Gasteiger charge is 2.28. The molecule has 0 fully saturated rings. The molecule has 0 bridgehead atoms. The highest BCUT2D eigenvalue weighted by atomic mass is 16.7. The summed E-state index contributed by atoms with van der Waals surface area (Å²) in [5, 5.41) is 17.7. The Balaban J connectivity index is 1.89. The SMILES string of the molecule is CNC(=O)OCc1cc2c(nc1C(OC)OC)N(C(=O)Nc1cc(NCCOC)c(C#N)cn1)CCC2. The Morgan fingerprint density at radius 1 is 1.24 bits per heavy atom. The summed E-state index contributed by atoms with van der Waals surface area (Å²) in [7, 11) is 6.00. The van der Waals surface area contributed by atoms with Crippen LogP contribution in [-0.4, -0.2) is 70.2 Å². The van der Waals surface area contributed by atoms with Crippen LogP contribution in [0.4, 0.5) is 26.9 Å². The molecule has 0 saturated carbocycles. The second-order valence-electron chi connectivity index (χ2n) is 7.98. The molecule has 3 N–H and O–H groups in total. The maximum atomic E-state index is 13.3. The number of aryl methyl sites for hydroxylation is 1. The van der Waals surface area contributed by atoms with E-state index in [1.807, 2.05) is 6.07 Å². The van der Waals surface area contributed by atoms with E-state index in [1.54, 1.807) is 13.2 Å². The smallest absolute Gasteiger partial charge is 0.407 e. The average molecular weight is 514 g/mol. The molecule has 0 aromatic carbocycles. The van der Waals surface area contributed by atoms with Crippen LogP contribution in [0.25, 0.3) is 0 Å². The van der Waals surface area contributed by atoms with Crippen LogP contribution in [0.5, 0.6) is 0 Å². The second kappa shape index (κ2) is 13.4. The molecular formula is C24H31N7O6. The summed E-state index contributed by atoms with van der Waals surface area (Å²) in [5.41, 5.74) is 2.71. The number of pyridine rings is 2. The molecule has 1 aliphatic heterocycles. The number of nitrogens with one attached hydrogen (secondary N) is 3. The van der Waals surface area contributed by atoms with Gasteiger partial charge in [0, 0.05) is 59.3 Å². The van der Waals surface area contributed by atoms with Crippen molar-refractivity contribution in [3.05, 3.63) is 40.7 Å². The normalized spacial score (nSPS) is 12.5. The monoisotopic (exact) mass is 513 g/mol. The Morgan fingerprint density at radius 2 is 2.03 bits per heavy atom. The van der Waals surface area contributed by atoms with Crippen LogP contribution >= 0.6 is 0 Å². The number of urea groups is 1. The first-order valence-corrected chi connectivity index (χ1v) is 11.6. The molecule has 0 unspecified atom stereocenters. The fraction of sp³-hybridized carbons (Fsp3) is 0.458. The van der Waals surface area contributed by atoms with Crippen LogP contribution in [0.1, 0.15) is 35.1 Å². The van der Waals surface area contributed by atoms with E-state index in [9.17, 15) is 14.9 Å². The molecule has 3 rings (SSSR count). The molecule has 2 aromatic rings. The van der Waals surface area contributed by atoms with Gasteiger partial charge in [0.2, 0.25) is 6.29 Å². The molecule has 2 aromatic heterocycles. The quantitative estimate of drug-likeness (QED) is 0.318. The number of hydrogen-bond acceptors (Lipinski definition) is 10. The zero-order chi connectivity index (χ0) is 26.8. The Labute approximate surface area is 215 Å². The van der Waals surface area contributed by atoms with Crippen molar-refractivity contribution in [2.45, 2.75) is 25.7 Å². The van der Waals surface area contributed by atoms with Gasteiger partial charge in [-0.05, 0) is 24.5 Å². The summed E-state index contributed by atoms with van der Waals surface area (Å²) < 4.78 is 21.1. The predicted octanol–water partition coefficient (Wildman–Crippen LogP) is 2.54. The third-order valence-corrected chi connectivity index (χ3v) is 5.62. The van der Waals surface area contributed by atoms with Gasteiger partial charge in [0.05, 0.1) is 17.9 Å². The Morgan fingerprint density at radius 3 is 2.70 bits per heavy atom. The standard InChI is InChI=1S/C24H31N7O6/c1-26-24(33)37-14-16-10-15-6-5-8-31(21(15)30-20(16)22(35-3)36-4)23(32)29-19-11-18(27-7-9-34-2)17(12-25)13-28-19/h10-11,13,22H,5-9,14H2,1-4H3,(H,26,33)(H2,27,28,29,32). The Kier molecular flexibility index (Phi) is 9.96. The maximum Gasteiger partial charge on any atom is 0.407 e. The molecule has 198 valence electrons. The number of nitrogens with zero attached hydrogens (tertiary/aromatic N) is 4. The van der Waals surface area contributed by atoms with E-state index in [0.717, 1.165) is 5.56 Å². The second-order valence-corrected chi connectivity index (χ2v) is 7.98. The van der Waals surface area contributed by atoms with Crippen molar-refractivity contribution in [2.24, 2.45) is 0 Å². The molecule has 13 heteroatoms. The van der Waals surface area contributed by atoms with E-state index in [1.165, 1.54) is 32.4 Å². The summed E-state index contributed by atoms with van der Waals surface area (Å²) in [6.45, 7) is 1.33. The molecule has 3 amide bonds. The number of methoxy groups -OCH3 is 3. The molecular weight excluding hydrogens is 482 g/mol. The average Bonchev–Trinajstić information content (AvgIpc) is 2.92. The van der Waals surface area contributed by atoms with E-state index in [2.05, 4.69) is 27.0 Å². The van der Waals surface area contributed by atoms with Crippen molar-refractivity contribution in [3.63, 3.8) is 0 Å². The minimum atomic E-state index is -0.832. The van der Waals surface area contributed by atoms with Crippen LogP contribution in [-0.2, 0) is 32.0 Å². The number of nitriles is 1. The van der Waals surface area contributed by atoms with Gasteiger partial charge in [0.25, 0.3) is 0 Å². The van der Waals surface area contributed by atoms with Gasteiger partial charge in [-0.1, -0.05) is 0 Å². The first kappa shape index (κ1) is 27.6. The summed E-state index contributed by atoms with van der Waals surface area (Å²) in [6, 6.07) is 5.09. The van der Waals surface area contributed by atoms with Gasteiger partial charge in [-0.2, -0.15) is 5.26 Å². The summed E-state index contributed by atoms with van der Waals surface area (Å²) in [6.07, 6.45) is 1.38. The maximum absolute atomic E-state index is 13.3. The molecule has 0 atom stereocenters. The lowest BCUT2D eigenvalue weighted by atomic mass is 10.0. The number of rotatable bonds is 10. The van der Waals surface area contributed by atoms with E-state index >= 15 is 0 Å². The minimum absolute atomic E-state index is 0.0429. The van der Waals surface area contributed by atoms with Gasteiger partial charge in [-0.25, -0.2) is 19.6 Å². The van der Waals surface area contributed by atoms with Crippen LogP contribution in [0.2, 0.25) is 0 Å². The zero-order valence-corrected chi connectivity index (χ0v) is 21.3. The lowest BCUT2D eigenvalue weighted by molar-refractivity contribution is -0.109. The fourth-order valence-electron chi connectivity index (χ4n) is 3.83. The Bertz CT molecular complexity index is 1150. The predicted molar refractivity (Wildman–Crippen MR) is 134 cm³/mol. The van der Waals surface area contributed by atoms with E-state index in [0.29, 0.717) is 60.9 Å². The number of aromatic nitrogens is 2. The molecule has 0 spiro atoms. The lowest BCUT2D eigenvalue weighted by Crippen LogP contribution is -2.40. The first-order chi connectivity index (χ1) is 17.9. The van der Waals surface area contributed by atoms with Crippen molar-refractivity contribution in [3.8, 4) is 6.07 Å². The first-order valence-electron chi connectivity index (χ1n) is 11.6. The summed E-state index contributed by atoms with van der Waals surface area (Å²) in [5.74, 6) is 0.729. The topological polar surface area (TPSA) is 160 Å². The van der Waals surface area contributed by atoms with Gasteiger partial charge in [0.15, 0.2) is 0 Å².